The van der Waals surface area contributed by atoms with Gasteiger partial charge in [-0.1, -0.05) is 132 Å². The van der Waals surface area contributed by atoms with Crippen LogP contribution in [-0.4, -0.2) is 70.4 Å². The topological polar surface area (TPSA) is 195 Å². The maximum atomic E-state index is 12.7. The Hall–Kier alpha value is -2.44. The maximum Gasteiger partial charge on any atom is 0.472 e. The fourth-order valence-corrected chi connectivity index (χ4v) is 6.46. The van der Waals surface area contributed by atoms with Crippen molar-refractivity contribution in [1.82, 2.24) is 0 Å². The first-order valence-electron chi connectivity index (χ1n) is 21.6. The summed E-state index contributed by atoms with van der Waals surface area (Å²) in [6.45, 7) is 1.57. The molecule has 59 heavy (non-hydrogen) atoms. The van der Waals surface area contributed by atoms with Crippen molar-refractivity contribution in [3.05, 3.63) is 72.9 Å². The highest BCUT2D eigenvalue weighted by atomic mass is 31.2. The molecule has 0 bridgehead atoms. The number of hydrogen-bond donors (Lipinski definition) is 4. The van der Waals surface area contributed by atoms with Crippen LogP contribution >= 0.6 is 15.6 Å². The Labute approximate surface area is 354 Å². The number of hydrogen-bond acceptors (Lipinski definition) is 10. The van der Waals surface area contributed by atoms with Crippen LogP contribution in [0.1, 0.15) is 155 Å². The summed E-state index contributed by atoms with van der Waals surface area (Å²) in [6.07, 6.45) is 43.2. The molecule has 0 aliphatic heterocycles. The van der Waals surface area contributed by atoms with Crippen molar-refractivity contribution in [3.63, 3.8) is 0 Å². The molecule has 0 fully saturated rings. The number of esters is 2. The zero-order chi connectivity index (χ0) is 43.7. The van der Waals surface area contributed by atoms with Gasteiger partial charge in [0, 0.05) is 12.8 Å². The van der Waals surface area contributed by atoms with Crippen LogP contribution in [0, 0.1) is 0 Å². The van der Waals surface area contributed by atoms with Crippen LogP contribution in [0.5, 0.6) is 0 Å². The van der Waals surface area contributed by atoms with E-state index in [1.54, 1.807) is 0 Å². The second kappa shape index (κ2) is 39.7. The first-order valence-corrected chi connectivity index (χ1v) is 24.7. The second-order valence-electron chi connectivity index (χ2n) is 14.2. The Kier molecular flexibility index (Phi) is 38.0. The molecule has 3 atom stereocenters. The van der Waals surface area contributed by atoms with E-state index < -0.39 is 66.2 Å². The lowest BCUT2D eigenvalue weighted by Gasteiger charge is -2.20. The van der Waals surface area contributed by atoms with Gasteiger partial charge in [-0.05, 0) is 83.5 Å². The van der Waals surface area contributed by atoms with E-state index in [4.69, 9.17) is 23.8 Å². The molecule has 0 saturated carbocycles. The monoisotopic (exact) mass is 874 g/mol. The number of ether oxygens (including phenoxy) is 2. The Bertz CT molecular complexity index is 1320. The van der Waals surface area contributed by atoms with Crippen molar-refractivity contribution in [2.45, 2.75) is 167 Å². The Morgan fingerprint density at radius 2 is 0.932 bits per heavy atom. The number of carbonyl (C=O) groups is 2. The average Bonchev–Trinajstić information content (AvgIpc) is 3.19. The lowest BCUT2D eigenvalue weighted by Crippen LogP contribution is -2.30. The fourth-order valence-electron chi connectivity index (χ4n) is 5.31. The highest BCUT2D eigenvalue weighted by Crippen LogP contribution is 2.43. The summed E-state index contributed by atoms with van der Waals surface area (Å²) >= 11 is 0. The summed E-state index contributed by atoms with van der Waals surface area (Å²) in [5, 5.41) is 9.74. The number of phosphoric ester groups is 2. The third-order valence-electron chi connectivity index (χ3n) is 8.57. The van der Waals surface area contributed by atoms with Gasteiger partial charge in [-0.3, -0.25) is 23.2 Å². The molecule has 0 spiro atoms. The molecule has 13 nitrogen and oxygen atoms in total. The number of carbonyl (C=O) groups excluding carboxylic acids is 2. The number of phosphoric acid groups is 2. The fraction of sp³-hybridized carbons (Fsp3) is 0.682. The number of unbranched alkanes of at least 4 members (excludes halogenated alkanes) is 12. The summed E-state index contributed by atoms with van der Waals surface area (Å²) in [5.74, 6) is -1.08. The molecule has 15 heteroatoms. The van der Waals surface area contributed by atoms with E-state index in [-0.39, 0.29) is 12.8 Å². The largest absolute Gasteiger partial charge is 0.472 e. The van der Waals surface area contributed by atoms with Crippen LogP contribution < -0.4 is 0 Å². The molecule has 4 N–H and O–H groups in total. The van der Waals surface area contributed by atoms with E-state index in [2.05, 4.69) is 95.8 Å². The van der Waals surface area contributed by atoms with Crippen LogP contribution in [0.25, 0.3) is 0 Å². The van der Waals surface area contributed by atoms with E-state index in [1.807, 2.05) is 0 Å². The zero-order valence-corrected chi connectivity index (χ0v) is 37.6. The lowest BCUT2D eigenvalue weighted by atomic mass is 10.1. The molecule has 340 valence electrons. The van der Waals surface area contributed by atoms with E-state index >= 15 is 0 Å². The number of allylic oxidation sites excluding steroid dienone is 12. The van der Waals surface area contributed by atoms with Crippen LogP contribution in [-0.2, 0) is 41.8 Å². The molecule has 0 saturated heterocycles. The Morgan fingerprint density at radius 3 is 1.47 bits per heavy atom. The molecular formula is C44H76O13P2. The molecule has 0 aliphatic carbocycles. The van der Waals surface area contributed by atoms with Gasteiger partial charge in [-0.15, -0.1) is 0 Å². The zero-order valence-electron chi connectivity index (χ0n) is 35.8. The predicted octanol–water partition coefficient (Wildman–Crippen LogP) is 11.0. The summed E-state index contributed by atoms with van der Waals surface area (Å²) < 4.78 is 47.7. The van der Waals surface area contributed by atoms with Gasteiger partial charge in [0.2, 0.25) is 0 Å². The van der Waals surface area contributed by atoms with Crippen molar-refractivity contribution >= 4 is 27.6 Å². The van der Waals surface area contributed by atoms with Crippen molar-refractivity contribution in [2.75, 3.05) is 26.4 Å². The van der Waals surface area contributed by atoms with E-state index in [9.17, 15) is 28.7 Å². The summed E-state index contributed by atoms with van der Waals surface area (Å²) in [4.78, 5) is 52.6. The van der Waals surface area contributed by atoms with Crippen molar-refractivity contribution in [1.29, 1.82) is 0 Å². The SMILES string of the molecule is CC/C=C\C/C=C\C/C=C\C/C=C\C/C=C\CCCCCC(=O)O[C@H](COC(=O)CCCCCCC/C=C\CCCCCC)COP(=O)(O)OC[C@@H](O)COP(=O)(O)O. The molecule has 0 aliphatic rings. The molecule has 0 radical (unpaired) electrons. The minimum absolute atomic E-state index is 0.0872. The number of rotatable bonds is 40. The van der Waals surface area contributed by atoms with E-state index in [1.165, 1.54) is 25.7 Å². The van der Waals surface area contributed by atoms with Gasteiger partial charge in [0.05, 0.1) is 19.8 Å². The smallest absolute Gasteiger partial charge is 0.462 e. The maximum absolute atomic E-state index is 12.7. The lowest BCUT2D eigenvalue weighted by molar-refractivity contribution is -0.161. The van der Waals surface area contributed by atoms with Gasteiger partial charge in [-0.25, -0.2) is 9.13 Å². The molecule has 0 aromatic carbocycles. The third kappa shape index (κ3) is 43.5. The minimum Gasteiger partial charge on any atom is -0.462 e. The molecule has 0 heterocycles. The normalized spacial score (nSPS) is 14.7. The molecule has 0 aromatic rings. The van der Waals surface area contributed by atoms with Gasteiger partial charge >= 0.3 is 27.6 Å². The van der Waals surface area contributed by atoms with E-state index in [0.717, 1.165) is 89.9 Å². The van der Waals surface area contributed by atoms with Gasteiger partial charge in [0.15, 0.2) is 6.10 Å². The Morgan fingerprint density at radius 1 is 0.508 bits per heavy atom. The van der Waals surface area contributed by atoms with Gasteiger partial charge in [-0.2, -0.15) is 0 Å². The number of aliphatic hydroxyl groups excluding tert-OH is 1. The van der Waals surface area contributed by atoms with Crippen LogP contribution in [0.2, 0.25) is 0 Å². The highest BCUT2D eigenvalue weighted by Gasteiger charge is 2.28. The summed E-state index contributed by atoms with van der Waals surface area (Å²) in [7, 11) is -9.69. The van der Waals surface area contributed by atoms with Crippen LogP contribution in [0.3, 0.4) is 0 Å². The first kappa shape index (κ1) is 56.6. The van der Waals surface area contributed by atoms with Crippen LogP contribution in [0.4, 0.5) is 0 Å². The third-order valence-corrected chi connectivity index (χ3v) is 10.0. The van der Waals surface area contributed by atoms with E-state index in [0.29, 0.717) is 12.8 Å². The molecular weight excluding hydrogens is 798 g/mol. The number of aliphatic hydroxyl groups is 1. The molecule has 0 amide bonds. The van der Waals surface area contributed by atoms with Gasteiger partial charge < -0.3 is 29.3 Å². The Balaban J connectivity index is 4.61. The highest BCUT2D eigenvalue weighted by molar-refractivity contribution is 7.47. The van der Waals surface area contributed by atoms with Crippen molar-refractivity contribution in [3.8, 4) is 0 Å². The average molecular weight is 875 g/mol. The van der Waals surface area contributed by atoms with Crippen LogP contribution in [0.15, 0.2) is 72.9 Å². The molecule has 0 aromatic heterocycles. The molecule has 1 unspecified atom stereocenters. The second-order valence-corrected chi connectivity index (χ2v) is 16.9. The van der Waals surface area contributed by atoms with Crippen molar-refractivity contribution < 1.29 is 61.6 Å². The minimum atomic E-state index is -4.87. The quantitative estimate of drug-likeness (QED) is 0.0197. The summed E-state index contributed by atoms with van der Waals surface area (Å²) in [6, 6.07) is 0. The summed E-state index contributed by atoms with van der Waals surface area (Å²) in [5.41, 5.74) is 0. The van der Waals surface area contributed by atoms with Gasteiger partial charge in [0.25, 0.3) is 0 Å². The molecule has 0 rings (SSSR count). The predicted molar refractivity (Wildman–Crippen MR) is 234 cm³/mol. The van der Waals surface area contributed by atoms with Gasteiger partial charge in [0.1, 0.15) is 12.7 Å². The van der Waals surface area contributed by atoms with Crippen molar-refractivity contribution in [2.24, 2.45) is 0 Å². The standard InChI is InChI=1S/C44H76O13P2/c1-3-5-7-9-11-13-15-17-18-19-20-21-22-24-26-28-30-32-34-36-44(47)57-42(40-56-59(51,52)55-38-41(45)37-54-58(48,49)50)39-53-43(46)35-33-31-29-27-25-23-16-14-12-10-8-6-4-2/h5,7,11,13-14,16-18,20-21,24,26,41-42,45H,3-4,6,8-10,12,15,19,22-23,25,27-40H2,1-2H3,(H,51,52)(H2,48,49,50)/b7-5-,13-11-,16-14-,18-17-,21-20-,26-24-/t41-,42+/m0/s1. The first-order chi connectivity index (χ1) is 28.4.